The summed E-state index contributed by atoms with van der Waals surface area (Å²) in [5.41, 5.74) is 40.2. The van der Waals surface area contributed by atoms with Crippen molar-refractivity contribution in [2.24, 2.45) is 55.1 Å². The molecule has 0 unspecified atom stereocenters. The Morgan fingerprint density at radius 2 is 1.29 bits per heavy atom. The van der Waals surface area contributed by atoms with Crippen LogP contribution in [0.1, 0.15) is 99.6 Å². The fourth-order valence-corrected chi connectivity index (χ4v) is 12.2. The van der Waals surface area contributed by atoms with Gasteiger partial charge in [-0.2, -0.15) is 0 Å². The van der Waals surface area contributed by atoms with Crippen LogP contribution < -0.4 is 66.7 Å². The Bertz CT molecular complexity index is 2980. The van der Waals surface area contributed by atoms with Crippen LogP contribution in [0.3, 0.4) is 0 Å². The van der Waals surface area contributed by atoms with E-state index in [0.717, 1.165) is 21.8 Å². The van der Waals surface area contributed by atoms with Crippen molar-refractivity contribution in [3.05, 3.63) is 57.8 Å². The molecular formula is C57H87N19O14S. The van der Waals surface area contributed by atoms with Crippen molar-refractivity contribution in [3.8, 4) is 0 Å². The number of nitrogens with two attached hydrogens (primary N) is 7. The van der Waals surface area contributed by atoms with Crippen molar-refractivity contribution >= 4 is 88.3 Å². The predicted molar refractivity (Wildman–Crippen MR) is 332 cm³/mol. The maximum Gasteiger partial charge on any atom is 0.326 e. The van der Waals surface area contributed by atoms with E-state index in [0.29, 0.717) is 24.8 Å². The molecule has 0 aliphatic carbocycles. The van der Waals surface area contributed by atoms with Gasteiger partial charge < -0.3 is 106 Å². The Labute approximate surface area is 529 Å². The summed E-state index contributed by atoms with van der Waals surface area (Å²) >= 11 is 1.07. The molecule has 2 aromatic rings. The lowest BCUT2D eigenvalue weighted by atomic mass is 9.92. The highest BCUT2D eigenvalue weighted by atomic mass is 32.1. The molecule has 34 heteroatoms. The van der Waals surface area contributed by atoms with Crippen LogP contribution in [0.4, 0.5) is 0 Å². The number of nitrogens with zero attached hydrogens (tertiary/aromatic N) is 7. The second kappa shape index (κ2) is 34.5. The number of aliphatic imine (C=N–C) groups is 3. The third-order valence-electron chi connectivity index (χ3n) is 15.9. The van der Waals surface area contributed by atoms with Gasteiger partial charge in [-0.3, -0.25) is 58.1 Å². The number of rotatable bonds is 32. The third kappa shape index (κ3) is 20.1. The number of amides is 9. The number of carbonyl (C=O) groups is 10. The van der Waals surface area contributed by atoms with E-state index in [9.17, 15) is 58.5 Å². The molecule has 91 heavy (non-hydrogen) atoms. The van der Waals surface area contributed by atoms with E-state index in [4.69, 9.17) is 44.9 Å². The molecule has 5 heterocycles. The molecule has 1 aromatic carbocycles. The Morgan fingerprint density at radius 1 is 0.670 bits per heavy atom. The second-order valence-corrected chi connectivity index (χ2v) is 23.6. The maximum atomic E-state index is 15.0. The van der Waals surface area contributed by atoms with E-state index in [-0.39, 0.29) is 133 Å². The number of aliphatic carboxylic acids is 1. The summed E-state index contributed by atoms with van der Waals surface area (Å²) in [6, 6.07) is -1.49. The number of β-amino-alcohol motifs (C(OH)–C–C–N with tert-alkyl or cyclic N) is 1. The van der Waals surface area contributed by atoms with Gasteiger partial charge in [0.05, 0.1) is 31.4 Å². The number of carboxylic acids is 1. The van der Waals surface area contributed by atoms with Crippen LogP contribution in [0, 0.1) is 0 Å². The molecule has 11 atom stereocenters. The van der Waals surface area contributed by atoms with Gasteiger partial charge >= 0.3 is 5.97 Å². The number of fused-ring (bicyclic) bond motifs is 1. The molecule has 3 fully saturated rings. The number of guanidine groups is 3. The van der Waals surface area contributed by atoms with Crippen LogP contribution >= 0.6 is 11.3 Å². The van der Waals surface area contributed by atoms with Gasteiger partial charge in [0.25, 0.3) is 0 Å². The Kier molecular flexibility index (Phi) is 27.0. The first kappa shape index (κ1) is 71.3. The highest BCUT2D eigenvalue weighted by Gasteiger charge is 2.49. The zero-order valence-electron chi connectivity index (χ0n) is 50.9. The number of likely N-dealkylation sites (tertiary alicyclic amines) is 3. The van der Waals surface area contributed by atoms with Crippen molar-refractivity contribution in [2.45, 2.75) is 157 Å². The largest absolute Gasteiger partial charge is 0.480 e. The topological polar surface area (TPSA) is 533 Å². The molecule has 3 saturated heterocycles. The van der Waals surface area contributed by atoms with Crippen molar-refractivity contribution in [1.29, 1.82) is 0 Å². The van der Waals surface area contributed by atoms with Crippen molar-refractivity contribution < 1.29 is 68.0 Å². The van der Waals surface area contributed by atoms with Gasteiger partial charge in [0.2, 0.25) is 53.2 Å². The molecule has 500 valence electrons. The van der Waals surface area contributed by atoms with Gasteiger partial charge in [-0.15, -0.1) is 11.3 Å². The molecule has 0 radical (unpaired) electrons. The van der Waals surface area contributed by atoms with Gasteiger partial charge in [-0.25, -0.2) is 4.79 Å². The first-order valence-corrected chi connectivity index (χ1v) is 31.2. The van der Waals surface area contributed by atoms with Gasteiger partial charge in [-0.1, -0.05) is 37.3 Å². The van der Waals surface area contributed by atoms with E-state index < -0.39 is 139 Å². The molecule has 4 aliphatic heterocycles. The highest BCUT2D eigenvalue weighted by Crippen LogP contribution is 2.31. The third-order valence-corrected chi connectivity index (χ3v) is 16.9. The van der Waals surface area contributed by atoms with Crippen molar-refractivity contribution in [3.63, 3.8) is 0 Å². The van der Waals surface area contributed by atoms with Crippen LogP contribution in [0.15, 0.2) is 56.8 Å². The fourth-order valence-electron chi connectivity index (χ4n) is 11.4. The molecular weight excluding hydrogens is 1210 g/mol. The molecule has 4 aliphatic rings. The lowest BCUT2D eigenvalue weighted by molar-refractivity contribution is -0.151. The summed E-state index contributed by atoms with van der Waals surface area (Å²) in [7, 11) is 0. The second-order valence-electron chi connectivity index (χ2n) is 22.7. The zero-order valence-corrected chi connectivity index (χ0v) is 51.7. The lowest BCUT2D eigenvalue weighted by Crippen LogP contribution is -2.60. The van der Waals surface area contributed by atoms with Gasteiger partial charge in [-0.05, 0) is 80.4 Å². The standard InChI is InChI=1S/C57H87N19O14S/c1-2-21-90-34-25-42(53(87)74-27-32-11-4-3-10-31(32)23-40(74)48(82)70-37(54(88)89)14-7-19-67-57(63)64)76(29-34)51(85)38(30-77)71-49(83)45(43-16-9-22-91-43)72-44(79)26-68-47(81)41-24-33(78)28-75(41)52(86)39-15-8-20-73(39)50(84)36(13-6-18-66-56(61)62)69-46(80)35(58)12-5-17-65-55(59)60/h3-4,9-11,16,22,33-42,45,77-78H,2,5-8,12-15,17-21,23-30,58H2,1H3,(H,68,81)(H,69,80)(H,70,82)(H,71,83)(H,72,79)(H,88,89)(H4,59,60,65)(H4,61,62,66)(H4,63,64,67)/t33-,34+,35+,36-,37-,38-,39-,40-,41-,42-,45-/m0/s1. The lowest BCUT2D eigenvalue weighted by Gasteiger charge is -2.39. The Morgan fingerprint density at radius 3 is 1.90 bits per heavy atom. The van der Waals surface area contributed by atoms with E-state index >= 15 is 4.79 Å². The highest BCUT2D eigenvalue weighted by molar-refractivity contribution is 7.10. The number of carbonyl (C=O) groups excluding carboxylic acids is 9. The first-order valence-electron chi connectivity index (χ1n) is 30.3. The predicted octanol–water partition coefficient (Wildman–Crippen LogP) is -5.66. The Balaban J connectivity index is 1.12. The smallest absolute Gasteiger partial charge is 0.326 e. The summed E-state index contributed by atoms with van der Waals surface area (Å²) in [6.45, 7) is 0.436. The number of ether oxygens (including phenoxy) is 1. The number of nitrogens with one attached hydrogen (secondary N) is 5. The van der Waals surface area contributed by atoms with E-state index in [1.165, 1.54) is 20.8 Å². The monoisotopic (exact) mass is 1290 g/mol. The molecule has 0 saturated carbocycles. The normalized spacial score (nSPS) is 21.0. The minimum atomic E-state index is -1.70. The van der Waals surface area contributed by atoms with Crippen LogP contribution in [-0.4, -0.2) is 232 Å². The summed E-state index contributed by atoms with van der Waals surface area (Å²) in [5.74, 6) is -8.73. The molecule has 0 spiro atoms. The number of aliphatic hydroxyl groups excluding tert-OH is 2. The van der Waals surface area contributed by atoms with Gasteiger partial charge in [0.1, 0.15) is 48.3 Å². The molecule has 33 nitrogen and oxygen atoms in total. The van der Waals surface area contributed by atoms with E-state index in [1.54, 1.807) is 35.7 Å². The van der Waals surface area contributed by atoms with Crippen molar-refractivity contribution in [2.75, 3.05) is 59.0 Å². The average Bonchev–Trinajstić information content (AvgIpc) is 2.22. The summed E-state index contributed by atoms with van der Waals surface area (Å²) < 4.78 is 6.05. The van der Waals surface area contributed by atoms with Crippen LogP contribution in [0.5, 0.6) is 0 Å². The number of hydrogen-bond acceptors (Lipinski definition) is 18. The first-order chi connectivity index (χ1) is 43.4. The molecule has 22 N–H and O–H groups in total. The summed E-state index contributed by atoms with van der Waals surface area (Å²) in [6.07, 6.45) is 0.0601. The van der Waals surface area contributed by atoms with Crippen LogP contribution in [-0.2, 0) is 65.6 Å². The molecule has 9 amide bonds. The minimum absolute atomic E-state index is 0.00343. The zero-order chi connectivity index (χ0) is 66.5. The van der Waals surface area contributed by atoms with Crippen LogP contribution in [0.25, 0.3) is 0 Å². The van der Waals surface area contributed by atoms with Crippen LogP contribution in [0.2, 0.25) is 0 Å². The molecule has 0 bridgehead atoms. The number of benzene rings is 1. The number of aliphatic hydroxyl groups is 2. The molecule has 1 aromatic heterocycles. The van der Waals surface area contributed by atoms with E-state index in [2.05, 4.69) is 41.6 Å². The SMILES string of the molecule is CCCO[C@@H]1C[C@@H](C(=O)N2Cc3ccccc3C[C@H]2C(=O)N[C@@H](CCCN=C(N)N)C(=O)O)N(C(=O)[C@H](CO)NC(=O)[C@@H](NC(=O)CNC(=O)[C@@H]2C[C@H](O)CN2C(=O)[C@@H]2CCCN2C(=O)[C@H](CCCN=C(N)N)NC(=O)[C@H](N)CCCN=C(N)N)c2cccs2)C1. The van der Waals surface area contributed by atoms with Crippen molar-refractivity contribution in [1.82, 2.24) is 46.2 Å². The fraction of sp³-hybridized carbons (Fsp3) is 0.596. The van der Waals surface area contributed by atoms with Gasteiger partial charge in [0.15, 0.2) is 17.9 Å². The number of carboxylic acid groups (broad SMARTS) is 1. The number of hydrogen-bond donors (Lipinski definition) is 15. The summed E-state index contributed by atoms with van der Waals surface area (Å²) in [4.78, 5) is 157. The molecule has 6 rings (SSSR count). The van der Waals surface area contributed by atoms with Gasteiger partial charge in [0, 0.05) is 76.6 Å². The quantitative estimate of drug-likeness (QED) is 0.0184. The number of thiophene rings is 1. The maximum absolute atomic E-state index is 15.0. The van der Waals surface area contributed by atoms with E-state index in [1.807, 2.05) is 6.92 Å². The minimum Gasteiger partial charge on any atom is -0.480 e. The summed E-state index contributed by atoms with van der Waals surface area (Å²) in [5, 5.41) is 46.2. The Hall–Kier alpha value is -8.73. The average molecular weight is 1290 g/mol.